The number of ether oxygens (including phenoxy) is 2. The fraction of sp³-hybridized carbons (Fsp3) is 0.278. The third kappa shape index (κ3) is 3.70. The number of nitro benzene ring substituents is 1. The molecular formula is C18H19N3O4S. The van der Waals surface area contributed by atoms with Crippen LogP contribution in [-0.4, -0.2) is 35.7 Å². The summed E-state index contributed by atoms with van der Waals surface area (Å²) >= 11 is 5.50. The first-order valence-corrected chi connectivity index (χ1v) is 8.47. The molecule has 0 bridgehead atoms. The Kier molecular flexibility index (Phi) is 5.22. The first kappa shape index (κ1) is 17.9. The van der Waals surface area contributed by atoms with E-state index < -0.39 is 4.92 Å². The maximum absolute atomic E-state index is 10.7. The van der Waals surface area contributed by atoms with Gasteiger partial charge in [0.1, 0.15) is 0 Å². The average molecular weight is 373 g/mol. The van der Waals surface area contributed by atoms with Crippen molar-refractivity contribution in [3.63, 3.8) is 0 Å². The van der Waals surface area contributed by atoms with Gasteiger partial charge in [0.2, 0.25) is 0 Å². The molecule has 0 saturated heterocycles. The van der Waals surface area contributed by atoms with E-state index in [1.54, 1.807) is 26.4 Å². The molecule has 0 saturated carbocycles. The van der Waals surface area contributed by atoms with E-state index in [1.807, 2.05) is 12.1 Å². The number of anilines is 1. The molecule has 8 heteroatoms. The van der Waals surface area contributed by atoms with E-state index in [0.717, 1.165) is 30.0 Å². The molecule has 7 nitrogen and oxygen atoms in total. The van der Waals surface area contributed by atoms with Crippen molar-refractivity contribution in [3.05, 3.63) is 57.6 Å². The summed E-state index contributed by atoms with van der Waals surface area (Å²) in [6, 6.07) is 10.2. The van der Waals surface area contributed by atoms with Crippen LogP contribution < -0.4 is 14.8 Å². The molecule has 1 heterocycles. The van der Waals surface area contributed by atoms with Gasteiger partial charge in [-0.15, -0.1) is 0 Å². The van der Waals surface area contributed by atoms with Gasteiger partial charge in [-0.3, -0.25) is 10.1 Å². The van der Waals surface area contributed by atoms with Crippen molar-refractivity contribution in [1.29, 1.82) is 0 Å². The zero-order chi connectivity index (χ0) is 18.7. The van der Waals surface area contributed by atoms with Crippen molar-refractivity contribution >= 4 is 28.7 Å². The van der Waals surface area contributed by atoms with Crippen LogP contribution in [0.5, 0.6) is 11.5 Å². The molecule has 2 aromatic carbocycles. The summed E-state index contributed by atoms with van der Waals surface area (Å²) in [5.41, 5.74) is 3.13. The van der Waals surface area contributed by atoms with Gasteiger partial charge in [0, 0.05) is 30.9 Å². The van der Waals surface area contributed by atoms with Crippen LogP contribution >= 0.6 is 12.2 Å². The molecule has 3 rings (SSSR count). The van der Waals surface area contributed by atoms with Gasteiger partial charge < -0.3 is 19.7 Å². The average Bonchev–Trinajstić information content (AvgIpc) is 2.66. The van der Waals surface area contributed by atoms with E-state index in [4.69, 9.17) is 21.7 Å². The van der Waals surface area contributed by atoms with E-state index in [2.05, 4.69) is 10.2 Å². The van der Waals surface area contributed by atoms with Crippen molar-refractivity contribution in [2.45, 2.75) is 13.0 Å². The van der Waals surface area contributed by atoms with Gasteiger partial charge in [0.25, 0.3) is 5.69 Å². The predicted molar refractivity (Wildman–Crippen MR) is 103 cm³/mol. The number of thiocarbonyl (C=S) groups is 1. The molecule has 0 radical (unpaired) electrons. The molecule has 0 amide bonds. The highest BCUT2D eigenvalue weighted by Crippen LogP contribution is 2.33. The van der Waals surface area contributed by atoms with E-state index in [1.165, 1.54) is 17.7 Å². The molecule has 0 atom stereocenters. The van der Waals surface area contributed by atoms with Gasteiger partial charge in [-0.2, -0.15) is 0 Å². The number of nitro groups is 1. The van der Waals surface area contributed by atoms with Crippen molar-refractivity contribution < 1.29 is 14.4 Å². The summed E-state index contributed by atoms with van der Waals surface area (Å²) in [6.07, 6.45) is 0.845. The molecule has 0 aromatic heterocycles. The number of nitrogens with zero attached hydrogens (tertiary/aromatic N) is 2. The van der Waals surface area contributed by atoms with Crippen LogP contribution in [0.1, 0.15) is 11.1 Å². The molecule has 0 spiro atoms. The Bertz CT molecular complexity index is 839. The van der Waals surface area contributed by atoms with Crippen LogP contribution in [0, 0.1) is 10.1 Å². The Labute approximate surface area is 156 Å². The molecule has 0 unspecified atom stereocenters. The van der Waals surface area contributed by atoms with Gasteiger partial charge >= 0.3 is 0 Å². The summed E-state index contributed by atoms with van der Waals surface area (Å²) < 4.78 is 10.7. The topological polar surface area (TPSA) is 76.9 Å². The second kappa shape index (κ2) is 7.57. The number of non-ortho nitro benzene ring substituents is 1. The molecule has 1 aliphatic rings. The summed E-state index contributed by atoms with van der Waals surface area (Å²) in [7, 11) is 3.24. The zero-order valence-electron chi connectivity index (χ0n) is 14.5. The quantitative estimate of drug-likeness (QED) is 0.500. The second-order valence-electron chi connectivity index (χ2n) is 5.88. The van der Waals surface area contributed by atoms with Gasteiger partial charge in [-0.1, -0.05) is 0 Å². The molecule has 0 aliphatic carbocycles. The molecule has 0 fully saturated rings. The molecular weight excluding hydrogens is 354 g/mol. The minimum atomic E-state index is -0.425. The second-order valence-corrected chi connectivity index (χ2v) is 6.27. The van der Waals surface area contributed by atoms with Crippen molar-refractivity contribution in [1.82, 2.24) is 4.90 Å². The van der Waals surface area contributed by atoms with Gasteiger partial charge in [0.05, 0.1) is 19.1 Å². The van der Waals surface area contributed by atoms with Crippen LogP contribution in [0.15, 0.2) is 36.4 Å². The molecule has 1 aliphatic heterocycles. The smallest absolute Gasteiger partial charge is 0.269 e. The maximum Gasteiger partial charge on any atom is 0.269 e. The Hall–Kier alpha value is -2.87. The number of hydrogen-bond donors (Lipinski definition) is 1. The number of methoxy groups -OCH3 is 2. The van der Waals surface area contributed by atoms with Gasteiger partial charge in [0.15, 0.2) is 16.6 Å². The Morgan fingerprint density at radius 2 is 1.77 bits per heavy atom. The van der Waals surface area contributed by atoms with Crippen LogP contribution in [0.3, 0.4) is 0 Å². The highest BCUT2D eigenvalue weighted by molar-refractivity contribution is 7.80. The molecule has 136 valence electrons. The molecule has 1 N–H and O–H groups in total. The number of fused-ring (bicyclic) bond motifs is 1. The fourth-order valence-corrected chi connectivity index (χ4v) is 3.20. The number of rotatable bonds is 4. The number of hydrogen-bond acceptors (Lipinski definition) is 5. The van der Waals surface area contributed by atoms with Gasteiger partial charge in [-0.05, 0) is 54.0 Å². The minimum Gasteiger partial charge on any atom is -0.493 e. The maximum atomic E-state index is 10.7. The Morgan fingerprint density at radius 3 is 2.35 bits per heavy atom. The van der Waals surface area contributed by atoms with Crippen LogP contribution in [0.2, 0.25) is 0 Å². The SMILES string of the molecule is COc1cc2c(cc1OC)CN(C(=S)Nc1ccc([N+](=O)[O-])cc1)CC2. The van der Waals surface area contributed by atoms with Crippen molar-refractivity contribution in [3.8, 4) is 11.5 Å². The monoisotopic (exact) mass is 373 g/mol. The van der Waals surface area contributed by atoms with Crippen molar-refractivity contribution in [2.24, 2.45) is 0 Å². The van der Waals surface area contributed by atoms with Crippen LogP contribution in [-0.2, 0) is 13.0 Å². The summed E-state index contributed by atoms with van der Waals surface area (Å²) in [5.74, 6) is 1.42. The van der Waals surface area contributed by atoms with E-state index in [9.17, 15) is 10.1 Å². The first-order valence-electron chi connectivity index (χ1n) is 8.06. The minimum absolute atomic E-state index is 0.0504. The van der Waals surface area contributed by atoms with E-state index in [-0.39, 0.29) is 5.69 Å². The van der Waals surface area contributed by atoms with Gasteiger partial charge in [-0.25, -0.2) is 0 Å². The first-order chi connectivity index (χ1) is 12.5. The number of nitrogens with one attached hydrogen (secondary N) is 1. The lowest BCUT2D eigenvalue weighted by molar-refractivity contribution is -0.384. The highest BCUT2D eigenvalue weighted by Gasteiger charge is 2.21. The highest BCUT2D eigenvalue weighted by atomic mass is 32.1. The third-order valence-corrected chi connectivity index (χ3v) is 4.69. The van der Waals surface area contributed by atoms with E-state index >= 15 is 0 Å². The normalized spacial score (nSPS) is 12.9. The summed E-state index contributed by atoms with van der Waals surface area (Å²) in [4.78, 5) is 12.4. The Morgan fingerprint density at radius 1 is 1.15 bits per heavy atom. The largest absolute Gasteiger partial charge is 0.493 e. The lowest BCUT2D eigenvalue weighted by atomic mass is 9.99. The summed E-state index contributed by atoms with van der Waals surface area (Å²) in [5, 5.41) is 14.4. The lowest BCUT2D eigenvalue weighted by Gasteiger charge is -2.31. The van der Waals surface area contributed by atoms with Crippen LogP contribution in [0.25, 0.3) is 0 Å². The molecule has 2 aromatic rings. The lowest BCUT2D eigenvalue weighted by Crippen LogP contribution is -2.38. The standard InChI is InChI=1S/C18H19N3O4S/c1-24-16-9-12-7-8-20(11-13(12)10-17(16)25-2)18(26)19-14-3-5-15(6-4-14)21(22)23/h3-6,9-10H,7-8,11H2,1-2H3,(H,19,26). The Balaban J connectivity index is 1.71. The zero-order valence-corrected chi connectivity index (χ0v) is 15.3. The van der Waals surface area contributed by atoms with Crippen molar-refractivity contribution in [2.75, 3.05) is 26.1 Å². The summed E-state index contributed by atoms with van der Waals surface area (Å²) in [6.45, 7) is 1.44. The van der Waals surface area contributed by atoms with E-state index in [0.29, 0.717) is 17.4 Å². The predicted octanol–water partition coefficient (Wildman–Crippen LogP) is 3.37. The third-order valence-electron chi connectivity index (χ3n) is 4.33. The molecule has 26 heavy (non-hydrogen) atoms. The number of benzene rings is 2. The van der Waals surface area contributed by atoms with Crippen LogP contribution in [0.4, 0.5) is 11.4 Å². The fourth-order valence-electron chi connectivity index (χ4n) is 2.93.